The van der Waals surface area contributed by atoms with Gasteiger partial charge in [-0.2, -0.15) is 5.10 Å². The first-order chi connectivity index (χ1) is 13.3. The van der Waals surface area contributed by atoms with Crippen LogP contribution in [0.2, 0.25) is 0 Å². The molecule has 0 bridgehead atoms. The second-order valence-electron chi connectivity index (χ2n) is 6.53. The van der Waals surface area contributed by atoms with Crippen molar-refractivity contribution in [1.82, 2.24) is 19.7 Å². The Morgan fingerprint density at radius 3 is 2.75 bits per heavy atom. The molecule has 3 rings (SSSR count). The summed E-state index contributed by atoms with van der Waals surface area (Å²) in [7, 11) is 1.74. The number of ether oxygens (including phenoxy) is 1. The summed E-state index contributed by atoms with van der Waals surface area (Å²) in [5.41, 5.74) is 8.10. The first kappa shape index (κ1) is 19.4. The first-order valence-electron chi connectivity index (χ1n) is 9.15. The van der Waals surface area contributed by atoms with Gasteiger partial charge in [-0.3, -0.25) is 4.79 Å². The molecule has 2 heterocycles. The third kappa shape index (κ3) is 3.55. The fourth-order valence-corrected chi connectivity index (χ4v) is 3.13. The minimum Gasteiger partial charge on any atom is -0.491 e. The molecule has 0 radical (unpaired) electrons. The summed E-state index contributed by atoms with van der Waals surface area (Å²) < 4.78 is 7.48. The van der Waals surface area contributed by atoms with Crippen molar-refractivity contribution in [2.45, 2.75) is 33.6 Å². The number of nitrogens with two attached hydrogens (primary N) is 1. The lowest BCUT2D eigenvalue weighted by Gasteiger charge is -2.17. The molecule has 148 valence electrons. The monoisotopic (exact) mass is 384 g/mol. The van der Waals surface area contributed by atoms with Crippen LogP contribution in [0.5, 0.6) is 5.75 Å². The number of urea groups is 1. The molecule has 0 saturated carbocycles. The number of nitrogens with one attached hydrogen (secondary N) is 2. The summed E-state index contributed by atoms with van der Waals surface area (Å²) in [5.74, 6) is 0.758. The van der Waals surface area contributed by atoms with Crippen LogP contribution >= 0.6 is 0 Å². The van der Waals surface area contributed by atoms with Crippen LogP contribution in [0.1, 0.15) is 31.5 Å². The van der Waals surface area contributed by atoms with E-state index >= 15 is 0 Å². The molecule has 4 N–H and O–H groups in total. The Kier molecular flexibility index (Phi) is 5.34. The van der Waals surface area contributed by atoms with Gasteiger partial charge in [0.15, 0.2) is 11.4 Å². The molecular formula is C19H24N6O3. The van der Waals surface area contributed by atoms with E-state index in [4.69, 9.17) is 10.5 Å². The molecule has 9 nitrogen and oxygen atoms in total. The minimum atomic E-state index is -0.695. The molecular weight excluding hydrogens is 360 g/mol. The van der Waals surface area contributed by atoms with Crippen LogP contribution in [0, 0.1) is 6.92 Å². The van der Waals surface area contributed by atoms with Gasteiger partial charge in [-0.05, 0) is 37.5 Å². The summed E-state index contributed by atoms with van der Waals surface area (Å²) in [4.78, 5) is 31.6. The second-order valence-corrected chi connectivity index (χ2v) is 6.53. The van der Waals surface area contributed by atoms with Gasteiger partial charge in [-0.15, -0.1) is 0 Å². The molecule has 1 aromatic carbocycles. The van der Waals surface area contributed by atoms with Crippen LogP contribution in [0.3, 0.4) is 0 Å². The van der Waals surface area contributed by atoms with Crippen molar-refractivity contribution in [2.75, 3.05) is 11.9 Å². The van der Waals surface area contributed by atoms with Gasteiger partial charge < -0.3 is 20.8 Å². The third-order valence-electron chi connectivity index (χ3n) is 4.39. The summed E-state index contributed by atoms with van der Waals surface area (Å²) in [6.07, 6.45) is 1.49. The number of benzene rings is 1. The number of hydrogen-bond donors (Lipinski definition) is 3. The van der Waals surface area contributed by atoms with Crippen molar-refractivity contribution >= 4 is 22.8 Å². The molecule has 2 aromatic heterocycles. The number of aromatic nitrogens is 4. The Balaban J connectivity index is 2.30. The Hall–Kier alpha value is -3.36. The maximum atomic E-state index is 12.7. The van der Waals surface area contributed by atoms with Gasteiger partial charge in [0.2, 0.25) is 0 Å². The molecule has 0 spiro atoms. The molecule has 9 heteroatoms. The zero-order chi connectivity index (χ0) is 20.4. The first-order valence-corrected chi connectivity index (χ1v) is 9.15. The fourth-order valence-electron chi connectivity index (χ4n) is 3.13. The summed E-state index contributed by atoms with van der Waals surface area (Å²) in [6, 6.07) is 3.01. The van der Waals surface area contributed by atoms with Crippen LogP contribution in [0.4, 0.5) is 10.5 Å². The third-order valence-corrected chi connectivity index (χ3v) is 4.39. The molecule has 0 aliphatic heterocycles. The number of amides is 2. The highest BCUT2D eigenvalue weighted by Crippen LogP contribution is 2.37. The smallest absolute Gasteiger partial charge is 0.316 e. The van der Waals surface area contributed by atoms with Crippen LogP contribution in [0.25, 0.3) is 22.4 Å². The van der Waals surface area contributed by atoms with E-state index in [1.165, 1.54) is 0 Å². The molecule has 0 atom stereocenters. The van der Waals surface area contributed by atoms with Gasteiger partial charge in [-0.1, -0.05) is 13.8 Å². The quantitative estimate of drug-likeness (QED) is 0.601. The number of primary amides is 1. The lowest BCUT2D eigenvalue weighted by Crippen LogP contribution is -2.20. The number of hydrogen-bond acceptors (Lipinski definition) is 5. The van der Waals surface area contributed by atoms with Crippen LogP contribution in [0.15, 0.2) is 16.9 Å². The lowest BCUT2D eigenvalue weighted by atomic mass is 10.0. The van der Waals surface area contributed by atoms with Gasteiger partial charge in [0.05, 0.1) is 23.6 Å². The SMILES string of the molecule is CCCOc1c(NC(N)=O)cc(CC)cc1-c1nc2c(c(C)nn2C)c(=O)[nH]1. The van der Waals surface area contributed by atoms with Gasteiger partial charge in [0.25, 0.3) is 5.56 Å². The largest absolute Gasteiger partial charge is 0.491 e. The summed E-state index contributed by atoms with van der Waals surface area (Å²) in [5, 5.41) is 7.34. The van der Waals surface area contributed by atoms with E-state index in [1.54, 1.807) is 18.7 Å². The summed E-state index contributed by atoms with van der Waals surface area (Å²) >= 11 is 0. The number of aromatic amines is 1. The summed E-state index contributed by atoms with van der Waals surface area (Å²) in [6.45, 7) is 6.17. The Bertz CT molecular complexity index is 1100. The van der Waals surface area contributed by atoms with Crippen LogP contribution in [-0.4, -0.2) is 32.4 Å². The van der Waals surface area contributed by atoms with Crippen molar-refractivity contribution in [3.8, 4) is 17.1 Å². The highest BCUT2D eigenvalue weighted by Gasteiger charge is 2.19. The van der Waals surface area contributed by atoms with Crippen LogP contribution in [-0.2, 0) is 13.5 Å². The van der Waals surface area contributed by atoms with Crippen LogP contribution < -0.4 is 21.3 Å². The fraction of sp³-hybridized carbons (Fsp3) is 0.368. The molecule has 3 aromatic rings. The zero-order valence-electron chi connectivity index (χ0n) is 16.4. The van der Waals surface area contributed by atoms with E-state index in [9.17, 15) is 9.59 Å². The number of carbonyl (C=O) groups excluding carboxylic acids is 1. The van der Waals surface area contributed by atoms with Crippen molar-refractivity contribution in [3.05, 3.63) is 33.7 Å². The zero-order valence-corrected chi connectivity index (χ0v) is 16.4. The van der Waals surface area contributed by atoms with E-state index in [0.717, 1.165) is 12.0 Å². The van der Waals surface area contributed by atoms with Gasteiger partial charge in [-0.25, -0.2) is 14.5 Å². The van der Waals surface area contributed by atoms with Gasteiger partial charge in [0, 0.05) is 7.05 Å². The van der Waals surface area contributed by atoms with Gasteiger partial charge >= 0.3 is 6.03 Å². The van der Waals surface area contributed by atoms with E-state index in [-0.39, 0.29) is 5.56 Å². The molecule has 0 saturated heterocycles. The number of fused-ring (bicyclic) bond motifs is 1. The Labute approximate surface area is 161 Å². The highest BCUT2D eigenvalue weighted by molar-refractivity contribution is 5.92. The van der Waals surface area contributed by atoms with Crippen molar-refractivity contribution < 1.29 is 9.53 Å². The number of rotatable bonds is 6. The van der Waals surface area contributed by atoms with E-state index in [0.29, 0.717) is 52.6 Å². The number of carbonyl (C=O) groups is 1. The molecule has 0 aliphatic carbocycles. The predicted molar refractivity (Wildman–Crippen MR) is 108 cm³/mol. The van der Waals surface area contributed by atoms with Crippen molar-refractivity contribution in [1.29, 1.82) is 0 Å². The van der Waals surface area contributed by atoms with E-state index in [2.05, 4.69) is 20.4 Å². The maximum absolute atomic E-state index is 12.7. The van der Waals surface area contributed by atoms with E-state index in [1.807, 2.05) is 26.0 Å². The maximum Gasteiger partial charge on any atom is 0.316 e. The second kappa shape index (κ2) is 7.71. The topological polar surface area (TPSA) is 128 Å². The van der Waals surface area contributed by atoms with Gasteiger partial charge in [0.1, 0.15) is 11.2 Å². The molecule has 0 aliphatic rings. The number of aryl methyl sites for hydroxylation is 3. The minimum absolute atomic E-state index is 0.279. The Morgan fingerprint density at radius 1 is 1.36 bits per heavy atom. The average Bonchev–Trinajstić information content (AvgIpc) is 2.93. The highest BCUT2D eigenvalue weighted by atomic mass is 16.5. The standard InChI is InChI=1S/C19H24N6O3/c1-5-7-28-15-12(8-11(6-2)9-13(15)21-19(20)27)16-22-17-14(18(26)23-16)10(3)24-25(17)4/h8-9H,5-7H2,1-4H3,(H3,20,21,27)(H,22,23,26). The van der Waals surface area contributed by atoms with Crippen molar-refractivity contribution in [2.24, 2.45) is 12.8 Å². The molecule has 0 fully saturated rings. The molecule has 2 amide bonds. The average molecular weight is 384 g/mol. The predicted octanol–water partition coefficient (Wildman–Crippen LogP) is 2.47. The number of nitrogens with zero attached hydrogens (tertiary/aromatic N) is 3. The Morgan fingerprint density at radius 2 is 2.11 bits per heavy atom. The normalized spacial score (nSPS) is 11.0. The lowest BCUT2D eigenvalue weighted by molar-refractivity contribution is 0.259. The number of H-pyrrole nitrogens is 1. The van der Waals surface area contributed by atoms with Crippen molar-refractivity contribution in [3.63, 3.8) is 0 Å². The van der Waals surface area contributed by atoms with E-state index < -0.39 is 6.03 Å². The molecule has 28 heavy (non-hydrogen) atoms. The number of anilines is 1. The molecule has 0 unspecified atom stereocenters.